The number of carbonyl (C=O) groups is 3. The summed E-state index contributed by atoms with van der Waals surface area (Å²) < 4.78 is 11.3. The van der Waals surface area contributed by atoms with Gasteiger partial charge in [0.15, 0.2) is 12.3 Å². The topological polar surface area (TPSA) is 132 Å². The number of aryl methyl sites for hydroxylation is 1. The molecule has 3 aromatic rings. The third-order valence-corrected chi connectivity index (χ3v) is 4.52. The molecule has 166 valence electrons. The highest BCUT2D eigenvalue weighted by atomic mass is 16.5. The summed E-state index contributed by atoms with van der Waals surface area (Å²) >= 11 is 0. The van der Waals surface area contributed by atoms with Crippen molar-refractivity contribution in [3.8, 4) is 11.6 Å². The van der Waals surface area contributed by atoms with Crippen LogP contribution in [0.2, 0.25) is 0 Å². The average molecular weight is 438 g/mol. The Labute approximate surface area is 183 Å². The van der Waals surface area contributed by atoms with Crippen molar-refractivity contribution in [2.45, 2.75) is 13.5 Å². The van der Waals surface area contributed by atoms with E-state index in [0.29, 0.717) is 16.7 Å². The maximum atomic E-state index is 12.0. The lowest BCUT2D eigenvalue weighted by Crippen LogP contribution is -2.32. The molecule has 0 aliphatic carbocycles. The van der Waals surface area contributed by atoms with Gasteiger partial charge in [0.05, 0.1) is 12.6 Å². The minimum Gasteiger partial charge on any atom is -0.493 e. The van der Waals surface area contributed by atoms with Crippen LogP contribution >= 0.6 is 0 Å². The number of esters is 1. The van der Waals surface area contributed by atoms with Crippen LogP contribution in [0.15, 0.2) is 58.8 Å². The number of nitrogens with zero attached hydrogens (tertiary/aromatic N) is 3. The zero-order chi connectivity index (χ0) is 23.1. The Bertz CT molecular complexity index is 1170. The van der Waals surface area contributed by atoms with Crippen LogP contribution in [0.3, 0.4) is 0 Å². The quantitative estimate of drug-likeness (QED) is 0.411. The summed E-state index contributed by atoms with van der Waals surface area (Å²) in [5, 5.41) is 20.8. The first kappa shape index (κ1) is 22.5. The van der Waals surface area contributed by atoms with Crippen molar-refractivity contribution < 1.29 is 29.0 Å². The molecule has 2 amide bonds. The Morgan fingerprint density at radius 1 is 1.09 bits per heavy atom. The van der Waals surface area contributed by atoms with Crippen molar-refractivity contribution in [3.63, 3.8) is 0 Å². The maximum Gasteiger partial charge on any atom is 0.325 e. The summed E-state index contributed by atoms with van der Waals surface area (Å²) in [4.78, 5) is 35.6. The number of ether oxygens (including phenoxy) is 2. The van der Waals surface area contributed by atoms with E-state index in [1.165, 1.54) is 11.7 Å². The molecule has 0 saturated carbocycles. The first-order valence-corrected chi connectivity index (χ1v) is 9.66. The van der Waals surface area contributed by atoms with E-state index in [4.69, 9.17) is 4.74 Å². The average Bonchev–Trinajstić information content (AvgIpc) is 3.06. The normalized spacial score (nSPS) is 10.9. The molecule has 0 fully saturated rings. The van der Waals surface area contributed by atoms with E-state index >= 15 is 0 Å². The van der Waals surface area contributed by atoms with Crippen LogP contribution < -0.4 is 10.1 Å². The highest BCUT2D eigenvalue weighted by Gasteiger charge is 2.19. The monoisotopic (exact) mass is 438 g/mol. The molecule has 1 aromatic heterocycles. The molecule has 0 unspecified atom stereocenters. The fourth-order valence-electron chi connectivity index (χ4n) is 2.87. The fourth-order valence-corrected chi connectivity index (χ4v) is 2.87. The molecule has 3 rings (SSSR count). The Morgan fingerprint density at radius 2 is 1.81 bits per heavy atom. The molecule has 0 aliphatic heterocycles. The van der Waals surface area contributed by atoms with E-state index in [2.05, 4.69) is 20.3 Å². The summed E-state index contributed by atoms with van der Waals surface area (Å²) in [5.41, 5.74) is 1.63. The molecule has 0 saturated heterocycles. The third-order valence-electron chi connectivity index (χ3n) is 4.52. The molecule has 10 heteroatoms. The zero-order valence-corrected chi connectivity index (χ0v) is 17.6. The van der Waals surface area contributed by atoms with Crippen molar-refractivity contribution in [1.82, 2.24) is 9.88 Å². The lowest BCUT2D eigenvalue weighted by Gasteiger charge is -2.06. The van der Waals surface area contributed by atoms with Gasteiger partial charge in [-0.15, -0.1) is 10.2 Å². The summed E-state index contributed by atoms with van der Waals surface area (Å²) in [6.45, 7) is 1.06. The van der Waals surface area contributed by atoms with Crippen molar-refractivity contribution >= 4 is 34.4 Å². The van der Waals surface area contributed by atoms with E-state index in [9.17, 15) is 19.5 Å². The van der Waals surface area contributed by atoms with Gasteiger partial charge in [-0.3, -0.25) is 19.0 Å². The number of fused-ring (bicyclic) bond motifs is 1. The number of amides is 2. The molecule has 0 radical (unpaired) electrons. The summed E-state index contributed by atoms with van der Waals surface area (Å²) in [6, 6.07) is 14.0. The van der Waals surface area contributed by atoms with Gasteiger partial charge < -0.3 is 19.9 Å². The van der Waals surface area contributed by atoms with E-state index < -0.39 is 17.8 Å². The second-order valence-corrected chi connectivity index (χ2v) is 6.82. The number of azo groups is 1. The minimum atomic E-state index is -0.724. The SMILES string of the molecule is COC(=O)Cn1c(O)c(N=NC(=O)CNC(=O)COc2ccc(C)cc2)c2ccccc21. The summed E-state index contributed by atoms with van der Waals surface area (Å²) in [7, 11) is 1.24. The number of nitrogens with one attached hydrogen (secondary N) is 1. The Hall–Kier alpha value is -4.21. The maximum absolute atomic E-state index is 12.0. The van der Waals surface area contributed by atoms with E-state index in [1.54, 1.807) is 36.4 Å². The second-order valence-electron chi connectivity index (χ2n) is 6.82. The van der Waals surface area contributed by atoms with Crippen molar-refractivity contribution in [1.29, 1.82) is 0 Å². The van der Waals surface area contributed by atoms with Gasteiger partial charge in [-0.05, 0) is 25.1 Å². The lowest BCUT2D eigenvalue weighted by molar-refractivity contribution is -0.141. The first-order valence-electron chi connectivity index (χ1n) is 9.66. The first-order chi connectivity index (χ1) is 15.4. The van der Waals surface area contributed by atoms with Gasteiger partial charge in [-0.1, -0.05) is 35.9 Å². The molecule has 0 spiro atoms. The number of para-hydroxylation sites is 1. The third kappa shape index (κ3) is 5.48. The van der Waals surface area contributed by atoms with Crippen LogP contribution in [-0.2, 0) is 25.7 Å². The van der Waals surface area contributed by atoms with Crippen molar-refractivity contribution in [2.75, 3.05) is 20.3 Å². The van der Waals surface area contributed by atoms with Gasteiger partial charge in [-0.25, -0.2) is 0 Å². The molecule has 32 heavy (non-hydrogen) atoms. The highest BCUT2D eigenvalue weighted by Crippen LogP contribution is 2.38. The van der Waals surface area contributed by atoms with E-state index in [-0.39, 0.29) is 31.3 Å². The predicted molar refractivity (Wildman–Crippen MR) is 115 cm³/mol. The number of hydrogen-bond donors (Lipinski definition) is 2. The Kier molecular flexibility index (Phi) is 7.17. The van der Waals surface area contributed by atoms with Crippen LogP contribution in [0.1, 0.15) is 5.56 Å². The van der Waals surface area contributed by atoms with Gasteiger partial charge in [0.1, 0.15) is 18.8 Å². The number of benzene rings is 2. The fraction of sp³-hybridized carbons (Fsp3) is 0.227. The van der Waals surface area contributed by atoms with Gasteiger partial charge in [0, 0.05) is 5.39 Å². The number of rotatable bonds is 8. The highest BCUT2D eigenvalue weighted by molar-refractivity contribution is 5.96. The van der Waals surface area contributed by atoms with Crippen LogP contribution in [0.5, 0.6) is 11.6 Å². The minimum absolute atomic E-state index is 0.0342. The van der Waals surface area contributed by atoms with Crippen LogP contribution in [0.4, 0.5) is 5.69 Å². The Morgan fingerprint density at radius 3 is 2.53 bits per heavy atom. The van der Waals surface area contributed by atoms with E-state index in [0.717, 1.165) is 5.56 Å². The summed E-state index contributed by atoms with van der Waals surface area (Å²) in [5.74, 6) is -1.57. The van der Waals surface area contributed by atoms with Crippen molar-refractivity contribution in [2.24, 2.45) is 10.2 Å². The molecule has 2 aromatic carbocycles. The molecule has 0 aliphatic rings. The molecular formula is C22H22N4O6. The molecule has 2 N–H and O–H groups in total. The van der Waals surface area contributed by atoms with Crippen LogP contribution in [-0.4, -0.2) is 47.7 Å². The second kappa shape index (κ2) is 10.2. The van der Waals surface area contributed by atoms with Gasteiger partial charge in [-0.2, -0.15) is 0 Å². The number of methoxy groups -OCH3 is 1. The zero-order valence-electron chi connectivity index (χ0n) is 17.6. The molecule has 10 nitrogen and oxygen atoms in total. The number of hydrogen-bond acceptors (Lipinski definition) is 7. The Balaban J connectivity index is 1.61. The van der Waals surface area contributed by atoms with Crippen LogP contribution in [0, 0.1) is 6.92 Å². The molecule has 1 heterocycles. The standard InChI is InChI=1S/C22H22N4O6/c1-14-7-9-15(10-8-14)32-13-19(28)23-11-18(27)24-25-21-16-5-3-4-6-17(16)26(22(21)30)12-20(29)31-2/h3-10,30H,11-13H2,1-2H3,(H,23,28). The van der Waals surface area contributed by atoms with Crippen molar-refractivity contribution in [3.05, 3.63) is 54.1 Å². The number of aromatic hydroxyl groups is 1. The molecule has 0 atom stereocenters. The summed E-state index contributed by atoms with van der Waals surface area (Å²) in [6.07, 6.45) is 0. The largest absolute Gasteiger partial charge is 0.493 e. The van der Waals surface area contributed by atoms with Crippen LogP contribution in [0.25, 0.3) is 10.9 Å². The van der Waals surface area contributed by atoms with E-state index in [1.807, 2.05) is 19.1 Å². The number of carbonyl (C=O) groups excluding carboxylic acids is 3. The number of aromatic nitrogens is 1. The lowest BCUT2D eigenvalue weighted by atomic mass is 10.2. The van der Waals surface area contributed by atoms with Gasteiger partial charge in [0.25, 0.3) is 11.8 Å². The molecule has 0 bridgehead atoms. The van der Waals surface area contributed by atoms with Gasteiger partial charge in [0.2, 0.25) is 5.88 Å². The smallest absolute Gasteiger partial charge is 0.325 e. The predicted octanol–water partition coefficient (Wildman–Crippen LogP) is 2.63. The molecular weight excluding hydrogens is 416 g/mol. The van der Waals surface area contributed by atoms with Gasteiger partial charge >= 0.3 is 5.97 Å².